The molecule has 0 bridgehead atoms. The molecule has 2 aromatic rings. The van der Waals surface area contributed by atoms with Crippen LogP contribution in [0.5, 0.6) is 0 Å². The second-order valence-corrected chi connectivity index (χ2v) is 7.39. The van der Waals surface area contributed by atoms with Crippen LogP contribution < -0.4 is 0 Å². The van der Waals surface area contributed by atoms with E-state index < -0.39 is 12.1 Å². The fourth-order valence-electron chi connectivity index (χ4n) is 3.54. The molecule has 1 aromatic carbocycles. The summed E-state index contributed by atoms with van der Waals surface area (Å²) in [5.74, 6) is 0.0360. The molecule has 2 aliphatic heterocycles. The summed E-state index contributed by atoms with van der Waals surface area (Å²) in [6.07, 6.45) is 1.40. The molecule has 0 aliphatic carbocycles. The lowest BCUT2D eigenvalue weighted by Crippen LogP contribution is -2.39. The van der Waals surface area contributed by atoms with E-state index in [2.05, 4.69) is 25.5 Å². The van der Waals surface area contributed by atoms with Crippen molar-refractivity contribution in [1.29, 1.82) is 0 Å². The normalized spacial score (nSPS) is 19.7. The van der Waals surface area contributed by atoms with E-state index in [4.69, 9.17) is 21.5 Å². The van der Waals surface area contributed by atoms with Gasteiger partial charge >= 0.3 is 5.97 Å². The van der Waals surface area contributed by atoms with Crippen LogP contribution in [0, 0.1) is 5.92 Å². The van der Waals surface area contributed by atoms with E-state index in [1.54, 1.807) is 12.1 Å². The molecule has 0 amide bonds. The van der Waals surface area contributed by atoms with E-state index >= 15 is 0 Å². The lowest BCUT2D eigenvalue weighted by Gasteiger charge is -2.32. The average Bonchev–Trinajstić information content (AvgIpc) is 3.37. The van der Waals surface area contributed by atoms with Gasteiger partial charge in [-0.05, 0) is 30.2 Å². The molecular formula is C18H19ClN6O4. The highest BCUT2D eigenvalue weighted by Gasteiger charge is 2.33. The minimum absolute atomic E-state index is 0.0672. The van der Waals surface area contributed by atoms with Gasteiger partial charge in [0.2, 0.25) is 5.82 Å². The van der Waals surface area contributed by atoms with Crippen molar-refractivity contribution in [2.75, 3.05) is 13.1 Å². The fraction of sp³-hybridized carbons (Fsp3) is 0.444. The first-order valence-electron chi connectivity index (χ1n) is 9.27. The number of amidine groups is 1. The molecule has 2 aliphatic rings. The number of benzene rings is 1. The summed E-state index contributed by atoms with van der Waals surface area (Å²) in [6, 6.07) is 7.13. The molecule has 1 N–H and O–H groups in total. The monoisotopic (exact) mass is 418 g/mol. The smallest absolute Gasteiger partial charge is 0.327 e. The van der Waals surface area contributed by atoms with Crippen LogP contribution >= 0.6 is 11.6 Å². The molecule has 1 unspecified atom stereocenters. The predicted molar refractivity (Wildman–Crippen MR) is 101 cm³/mol. The quantitative estimate of drug-likeness (QED) is 0.729. The number of oxime groups is 1. The Kier molecular flexibility index (Phi) is 5.43. The largest absolute Gasteiger partial charge is 0.480 e. The number of aliphatic carboxylic acids is 1. The molecule has 11 heteroatoms. The first-order valence-corrected chi connectivity index (χ1v) is 9.65. The second kappa shape index (κ2) is 8.16. The van der Waals surface area contributed by atoms with Gasteiger partial charge in [-0.2, -0.15) is 4.80 Å². The van der Waals surface area contributed by atoms with Crippen molar-refractivity contribution in [3.8, 4) is 0 Å². The number of carbonyl (C=O) groups excluding carboxylic acids is 1. The Morgan fingerprint density at radius 3 is 2.72 bits per heavy atom. The van der Waals surface area contributed by atoms with Gasteiger partial charge in [-0.25, -0.2) is 0 Å². The zero-order valence-corrected chi connectivity index (χ0v) is 16.2. The van der Waals surface area contributed by atoms with Crippen LogP contribution in [0.4, 0.5) is 0 Å². The Bertz CT molecular complexity index is 953. The van der Waals surface area contributed by atoms with Crippen molar-refractivity contribution in [1.82, 2.24) is 25.1 Å². The van der Waals surface area contributed by atoms with Gasteiger partial charge in [0, 0.05) is 24.6 Å². The summed E-state index contributed by atoms with van der Waals surface area (Å²) >= 11 is 6.16. The van der Waals surface area contributed by atoms with Gasteiger partial charge in [-0.15, -0.1) is 10.2 Å². The van der Waals surface area contributed by atoms with Gasteiger partial charge < -0.3 is 14.8 Å². The van der Waals surface area contributed by atoms with Gasteiger partial charge in [-0.1, -0.05) is 28.9 Å². The Hall–Kier alpha value is -3.01. The summed E-state index contributed by atoms with van der Waals surface area (Å²) in [7, 11) is 0. The first-order chi connectivity index (χ1) is 14.0. The Labute approximate surface area is 171 Å². The minimum Gasteiger partial charge on any atom is -0.480 e. The van der Waals surface area contributed by atoms with E-state index in [1.807, 2.05) is 12.1 Å². The first kappa shape index (κ1) is 19.3. The molecule has 0 radical (unpaired) electrons. The molecule has 3 heterocycles. The van der Waals surface area contributed by atoms with Gasteiger partial charge in [0.25, 0.3) is 0 Å². The zero-order valence-electron chi connectivity index (χ0n) is 15.4. The molecule has 1 atom stereocenters. The summed E-state index contributed by atoms with van der Waals surface area (Å²) in [5.41, 5.74) is 0.574. The fourth-order valence-corrected chi connectivity index (χ4v) is 3.77. The van der Waals surface area contributed by atoms with E-state index in [0.29, 0.717) is 48.8 Å². The van der Waals surface area contributed by atoms with Crippen molar-refractivity contribution in [2.45, 2.75) is 31.9 Å². The van der Waals surface area contributed by atoms with Crippen LogP contribution in [0.1, 0.15) is 41.5 Å². The lowest BCUT2D eigenvalue weighted by molar-refractivity contribution is -0.138. The number of halogens is 1. The van der Waals surface area contributed by atoms with Crippen LogP contribution in [-0.4, -0.2) is 60.9 Å². The standard InChI is InChI=1S/C18H19ClN6O4/c19-13-4-2-1-3-12(13)17(28)11-5-7-24(8-6-11)15-9-14(29-22-15)18-20-23-25(21-18)10-16(26)27/h1-4,11,14H,5-10H2,(H,26,27). The highest BCUT2D eigenvalue weighted by molar-refractivity contribution is 6.34. The van der Waals surface area contributed by atoms with Crippen LogP contribution in [0.3, 0.4) is 0 Å². The molecule has 0 saturated carbocycles. The molecule has 29 heavy (non-hydrogen) atoms. The number of likely N-dealkylation sites (tertiary alicyclic amines) is 1. The zero-order chi connectivity index (χ0) is 20.4. The van der Waals surface area contributed by atoms with Crippen molar-refractivity contribution in [2.24, 2.45) is 11.1 Å². The van der Waals surface area contributed by atoms with Crippen LogP contribution in [0.2, 0.25) is 5.02 Å². The molecular weight excluding hydrogens is 400 g/mol. The van der Waals surface area contributed by atoms with Gasteiger partial charge in [-0.3, -0.25) is 9.59 Å². The molecule has 1 fully saturated rings. The van der Waals surface area contributed by atoms with Crippen LogP contribution in [0.15, 0.2) is 29.4 Å². The van der Waals surface area contributed by atoms with E-state index in [0.717, 1.165) is 10.6 Å². The molecule has 152 valence electrons. The topological polar surface area (TPSA) is 123 Å². The van der Waals surface area contributed by atoms with Crippen molar-refractivity contribution in [3.63, 3.8) is 0 Å². The lowest BCUT2D eigenvalue weighted by atomic mass is 9.88. The van der Waals surface area contributed by atoms with Gasteiger partial charge in [0.05, 0.1) is 11.4 Å². The number of tetrazole rings is 1. The number of rotatable bonds is 5. The third-order valence-corrected chi connectivity index (χ3v) is 5.39. The number of nitrogens with zero attached hydrogens (tertiary/aromatic N) is 6. The maximum atomic E-state index is 12.7. The molecule has 1 saturated heterocycles. The number of carbonyl (C=O) groups is 2. The number of carboxylic acids is 1. The molecule has 1 aromatic heterocycles. The van der Waals surface area contributed by atoms with Crippen LogP contribution in [0.25, 0.3) is 0 Å². The number of Topliss-reactive ketones (excluding diaryl/α,β-unsaturated/α-hetero) is 1. The SMILES string of the molecule is O=C(O)Cn1nnc(C2CC(N3CCC(C(=O)c4ccccc4Cl)CC3)=NO2)n1. The van der Waals surface area contributed by atoms with Crippen molar-refractivity contribution < 1.29 is 19.5 Å². The molecule has 4 rings (SSSR count). The maximum Gasteiger partial charge on any atom is 0.327 e. The summed E-state index contributed by atoms with van der Waals surface area (Å²) in [5, 5.41) is 25.0. The number of aromatic nitrogens is 4. The third-order valence-electron chi connectivity index (χ3n) is 5.06. The van der Waals surface area contributed by atoms with Crippen molar-refractivity contribution >= 4 is 29.2 Å². The number of hydrogen-bond acceptors (Lipinski definition) is 8. The van der Waals surface area contributed by atoms with E-state index in [-0.39, 0.29) is 18.2 Å². The number of hydrogen-bond donors (Lipinski definition) is 1. The number of piperidine rings is 1. The Morgan fingerprint density at radius 1 is 1.24 bits per heavy atom. The summed E-state index contributed by atoms with van der Waals surface area (Å²) in [4.78, 5) is 32.0. The van der Waals surface area contributed by atoms with Gasteiger partial charge in [0.1, 0.15) is 5.84 Å². The summed E-state index contributed by atoms with van der Waals surface area (Å²) in [6.45, 7) is 1.02. The van der Waals surface area contributed by atoms with Crippen molar-refractivity contribution in [3.05, 3.63) is 40.7 Å². The minimum atomic E-state index is -1.05. The number of carboxylic acid groups (broad SMARTS) is 1. The summed E-state index contributed by atoms with van der Waals surface area (Å²) < 4.78 is 0. The molecule has 10 nitrogen and oxygen atoms in total. The molecule has 0 spiro atoms. The highest BCUT2D eigenvalue weighted by Crippen LogP contribution is 2.30. The van der Waals surface area contributed by atoms with E-state index in [9.17, 15) is 9.59 Å². The second-order valence-electron chi connectivity index (χ2n) is 6.98. The predicted octanol–water partition coefficient (Wildman–Crippen LogP) is 1.78. The van der Waals surface area contributed by atoms with Crippen LogP contribution in [-0.2, 0) is 16.2 Å². The van der Waals surface area contributed by atoms with Gasteiger partial charge in [0.15, 0.2) is 18.4 Å². The average molecular weight is 419 g/mol. The van der Waals surface area contributed by atoms with E-state index in [1.165, 1.54) is 0 Å². The highest BCUT2D eigenvalue weighted by atomic mass is 35.5. The maximum absolute atomic E-state index is 12.7. The Morgan fingerprint density at radius 2 is 2.00 bits per heavy atom. The number of ketones is 1. The Balaban J connectivity index is 1.32. The third kappa shape index (κ3) is 4.21.